The monoisotopic (exact) mass is 422 g/mol. The highest BCUT2D eigenvalue weighted by molar-refractivity contribution is 8.00. The zero-order valence-corrected chi connectivity index (χ0v) is 17.8. The highest BCUT2D eigenvalue weighted by Crippen LogP contribution is 2.31. The third-order valence-corrected chi connectivity index (χ3v) is 5.19. The SMILES string of the molecule is COc1ccc(C)cc1NC(=O)CSCC(=O)Nc1cc(C)c(Cl)cc1OC. The Morgan fingerprint density at radius 2 is 1.50 bits per heavy atom. The fourth-order valence-electron chi connectivity index (χ4n) is 2.46. The second-order valence-corrected chi connectivity index (χ2v) is 7.49. The van der Waals surface area contributed by atoms with E-state index in [0.717, 1.165) is 11.1 Å². The Bertz CT molecular complexity index is 874. The van der Waals surface area contributed by atoms with Crippen molar-refractivity contribution in [2.24, 2.45) is 0 Å². The molecule has 0 spiro atoms. The van der Waals surface area contributed by atoms with E-state index in [9.17, 15) is 9.59 Å². The summed E-state index contributed by atoms with van der Waals surface area (Å²) in [6.07, 6.45) is 0. The number of hydrogen-bond acceptors (Lipinski definition) is 5. The molecule has 150 valence electrons. The minimum Gasteiger partial charge on any atom is -0.495 e. The molecule has 8 heteroatoms. The molecule has 2 aromatic carbocycles. The molecule has 0 bridgehead atoms. The number of hydrogen-bond donors (Lipinski definition) is 2. The van der Waals surface area contributed by atoms with Gasteiger partial charge in [0.15, 0.2) is 0 Å². The van der Waals surface area contributed by atoms with Gasteiger partial charge in [-0.1, -0.05) is 17.7 Å². The maximum absolute atomic E-state index is 12.2. The summed E-state index contributed by atoms with van der Waals surface area (Å²) in [5, 5.41) is 6.15. The Hall–Kier alpha value is -2.38. The Balaban J connectivity index is 1.86. The molecule has 0 aliphatic heterocycles. The first-order chi connectivity index (χ1) is 13.3. The average Bonchev–Trinajstić information content (AvgIpc) is 2.64. The minimum absolute atomic E-state index is 0.128. The van der Waals surface area contributed by atoms with Crippen LogP contribution >= 0.6 is 23.4 Å². The van der Waals surface area contributed by atoms with Gasteiger partial charge in [-0.2, -0.15) is 0 Å². The second kappa shape index (κ2) is 10.2. The molecule has 6 nitrogen and oxygen atoms in total. The van der Waals surface area contributed by atoms with Crippen molar-refractivity contribution in [1.29, 1.82) is 0 Å². The van der Waals surface area contributed by atoms with Gasteiger partial charge in [0.05, 0.1) is 37.1 Å². The largest absolute Gasteiger partial charge is 0.495 e. The van der Waals surface area contributed by atoms with E-state index in [1.807, 2.05) is 26.0 Å². The maximum atomic E-state index is 12.2. The van der Waals surface area contributed by atoms with Crippen LogP contribution in [0, 0.1) is 13.8 Å². The van der Waals surface area contributed by atoms with Crippen LogP contribution < -0.4 is 20.1 Å². The van der Waals surface area contributed by atoms with Crippen molar-refractivity contribution >= 4 is 46.6 Å². The van der Waals surface area contributed by atoms with Crippen LogP contribution in [0.4, 0.5) is 11.4 Å². The van der Waals surface area contributed by atoms with Crippen LogP contribution in [0.25, 0.3) is 0 Å². The Morgan fingerprint density at radius 3 is 2.07 bits per heavy atom. The van der Waals surface area contributed by atoms with Crippen LogP contribution in [0.1, 0.15) is 11.1 Å². The Morgan fingerprint density at radius 1 is 0.929 bits per heavy atom. The predicted octanol–water partition coefficient (Wildman–Crippen LogP) is 4.28. The number of halogens is 1. The molecule has 0 aliphatic carbocycles. The zero-order valence-electron chi connectivity index (χ0n) is 16.2. The van der Waals surface area contributed by atoms with Gasteiger partial charge in [-0.15, -0.1) is 11.8 Å². The molecule has 0 heterocycles. The Labute approximate surface area is 173 Å². The topological polar surface area (TPSA) is 76.7 Å². The van der Waals surface area contributed by atoms with E-state index in [0.29, 0.717) is 27.9 Å². The predicted molar refractivity (Wildman–Crippen MR) is 115 cm³/mol. The molecule has 0 saturated heterocycles. The number of rotatable bonds is 8. The number of thioether (sulfide) groups is 1. The van der Waals surface area contributed by atoms with Crippen LogP contribution in [-0.2, 0) is 9.59 Å². The van der Waals surface area contributed by atoms with Crippen LogP contribution in [0.3, 0.4) is 0 Å². The van der Waals surface area contributed by atoms with Crippen molar-refractivity contribution in [3.05, 3.63) is 46.5 Å². The third-order valence-electron chi connectivity index (χ3n) is 3.85. The summed E-state index contributed by atoms with van der Waals surface area (Å²) in [5.41, 5.74) is 3.00. The van der Waals surface area contributed by atoms with Gasteiger partial charge in [-0.25, -0.2) is 0 Å². The molecule has 0 radical (unpaired) electrons. The summed E-state index contributed by atoms with van der Waals surface area (Å²) in [6, 6.07) is 8.94. The van der Waals surface area contributed by atoms with Crippen molar-refractivity contribution in [3.63, 3.8) is 0 Å². The number of carbonyl (C=O) groups excluding carboxylic acids is 2. The molecule has 2 aromatic rings. The van der Waals surface area contributed by atoms with Crippen LogP contribution in [0.2, 0.25) is 5.02 Å². The lowest BCUT2D eigenvalue weighted by atomic mass is 10.2. The first-order valence-corrected chi connectivity index (χ1v) is 10.0. The molecular weight excluding hydrogens is 400 g/mol. The summed E-state index contributed by atoms with van der Waals surface area (Å²) in [4.78, 5) is 24.3. The normalized spacial score (nSPS) is 10.3. The average molecular weight is 423 g/mol. The molecule has 2 amide bonds. The van der Waals surface area contributed by atoms with Gasteiger partial charge in [0.1, 0.15) is 11.5 Å². The molecule has 0 aliphatic rings. The van der Waals surface area contributed by atoms with E-state index < -0.39 is 0 Å². The lowest BCUT2D eigenvalue weighted by Gasteiger charge is -2.12. The number of nitrogens with one attached hydrogen (secondary N) is 2. The van der Waals surface area contributed by atoms with Crippen molar-refractivity contribution in [1.82, 2.24) is 0 Å². The number of methoxy groups -OCH3 is 2. The van der Waals surface area contributed by atoms with Crippen LogP contribution in [0.15, 0.2) is 30.3 Å². The van der Waals surface area contributed by atoms with E-state index in [1.165, 1.54) is 18.9 Å². The van der Waals surface area contributed by atoms with E-state index in [1.54, 1.807) is 25.3 Å². The van der Waals surface area contributed by atoms with Crippen LogP contribution in [-0.4, -0.2) is 37.5 Å². The molecule has 0 atom stereocenters. The highest BCUT2D eigenvalue weighted by Gasteiger charge is 2.12. The number of carbonyl (C=O) groups is 2. The summed E-state index contributed by atoms with van der Waals surface area (Å²) >= 11 is 7.28. The third kappa shape index (κ3) is 6.07. The second-order valence-electron chi connectivity index (χ2n) is 6.09. The van der Waals surface area contributed by atoms with E-state index >= 15 is 0 Å². The number of amides is 2. The van der Waals surface area contributed by atoms with E-state index in [-0.39, 0.29) is 23.3 Å². The molecule has 28 heavy (non-hydrogen) atoms. The summed E-state index contributed by atoms with van der Waals surface area (Å²) in [6.45, 7) is 3.77. The number of aryl methyl sites for hydroxylation is 2. The van der Waals surface area contributed by atoms with E-state index in [4.69, 9.17) is 21.1 Å². The van der Waals surface area contributed by atoms with Crippen molar-refractivity contribution in [2.45, 2.75) is 13.8 Å². The molecule has 2 rings (SSSR count). The van der Waals surface area contributed by atoms with Crippen molar-refractivity contribution in [2.75, 3.05) is 36.4 Å². The quantitative estimate of drug-likeness (QED) is 0.663. The van der Waals surface area contributed by atoms with Gasteiger partial charge in [-0.3, -0.25) is 9.59 Å². The first kappa shape index (κ1) is 21.9. The first-order valence-electron chi connectivity index (χ1n) is 8.50. The molecular formula is C20H23ClN2O4S. The molecule has 0 fully saturated rings. The van der Waals surface area contributed by atoms with E-state index in [2.05, 4.69) is 10.6 Å². The summed E-state index contributed by atoms with van der Waals surface area (Å²) in [5.74, 6) is 0.905. The number of anilines is 2. The zero-order chi connectivity index (χ0) is 20.7. The molecule has 2 N–H and O–H groups in total. The number of benzene rings is 2. The highest BCUT2D eigenvalue weighted by atomic mass is 35.5. The van der Waals surface area contributed by atoms with Gasteiger partial charge in [-0.05, 0) is 43.2 Å². The standard InChI is InChI=1S/C20H23ClN2O4S/c1-12-5-6-17(26-3)15(7-12)22-19(24)10-28-11-20(25)23-16-8-13(2)14(21)9-18(16)27-4/h5-9H,10-11H2,1-4H3,(H,22,24)(H,23,25). The Kier molecular flexibility index (Phi) is 8.02. The summed E-state index contributed by atoms with van der Waals surface area (Å²) < 4.78 is 10.5. The fourth-order valence-corrected chi connectivity index (χ4v) is 3.23. The lowest BCUT2D eigenvalue weighted by Crippen LogP contribution is -2.19. The molecule has 0 saturated carbocycles. The van der Waals surface area contributed by atoms with Crippen molar-refractivity contribution < 1.29 is 19.1 Å². The molecule has 0 unspecified atom stereocenters. The summed E-state index contributed by atoms with van der Waals surface area (Å²) in [7, 11) is 3.06. The molecule has 0 aromatic heterocycles. The maximum Gasteiger partial charge on any atom is 0.234 e. The van der Waals surface area contributed by atoms with Gasteiger partial charge in [0.2, 0.25) is 11.8 Å². The lowest BCUT2D eigenvalue weighted by molar-refractivity contribution is -0.114. The fraction of sp³-hybridized carbons (Fsp3) is 0.300. The number of ether oxygens (including phenoxy) is 2. The minimum atomic E-state index is -0.231. The van der Waals surface area contributed by atoms with Crippen LogP contribution in [0.5, 0.6) is 11.5 Å². The van der Waals surface area contributed by atoms with Crippen molar-refractivity contribution in [3.8, 4) is 11.5 Å². The van der Waals surface area contributed by atoms with Gasteiger partial charge >= 0.3 is 0 Å². The van der Waals surface area contributed by atoms with Gasteiger partial charge < -0.3 is 20.1 Å². The van der Waals surface area contributed by atoms with Gasteiger partial charge in [0, 0.05) is 11.1 Å². The smallest absolute Gasteiger partial charge is 0.234 e. The van der Waals surface area contributed by atoms with Gasteiger partial charge in [0.25, 0.3) is 0 Å².